The Morgan fingerprint density at radius 3 is 2.81 bits per heavy atom. The number of piperidine rings is 1. The van der Waals surface area contributed by atoms with Crippen molar-refractivity contribution in [2.45, 2.75) is 25.4 Å². The van der Waals surface area contributed by atoms with E-state index < -0.39 is 0 Å². The number of nitrogens with zero attached hydrogens (tertiary/aromatic N) is 2. The Morgan fingerprint density at radius 2 is 2.10 bits per heavy atom. The molecule has 3 rings (SSSR count). The van der Waals surface area contributed by atoms with E-state index in [9.17, 15) is 4.79 Å². The number of para-hydroxylation sites is 2. The minimum absolute atomic E-state index is 0.279. The van der Waals surface area contributed by atoms with E-state index in [1.165, 1.54) is 0 Å². The number of rotatable bonds is 5. The lowest BCUT2D eigenvalue weighted by Gasteiger charge is -2.33. The van der Waals surface area contributed by atoms with Crippen LogP contribution in [0.1, 0.15) is 18.7 Å². The molecule has 1 amide bonds. The molecule has 0 spiro atoms. The highest BCUT2D eigenvalue weighted by Gasteiger charge is 2.23. The van der Waals surface area contributed by atoms with Crippen molar-refractivity contribution in [3.05, 3.63) is 30.1 Å². The van der Waals surface area contributed by atoms with Crippen molar-refractivity contribution in [1.82, 2.24) is 20.2 Å². The van der Waals surface area contributed by atoms with Crippen LogP contribution >= 0.6 is 0 Å². The highest BCUT2D eigenvalue weighted by molar-refractivity contribution is 5.76. The maximum atomic E-state index is 11.3. The summed E-state index contributed by atoms with van der Waals surface area (Å²) in [6.07, 6.45) is 2.07. The van der Waals surface area contributed by atoms with E-state index in [-0.39, 0.29) is 12.5 Å². The average molecular weight is 287 g/mol. The number of nitrogens with one attached hydrogen (secondary N) is 2. The van der Waals surface area contributed by atoms with Gasteiger partial charge in [-0.25, -0.2) is 4.98 Å². The van der Waals surface area contributed by atoms with Crippen LogP contribution in [0.4, 0.5) is 0 Å². The molecule has 21 heavy (non-hydrogen) atoms. The van der Waals surface area contributed by atoms with Crippen LogP contribution in [-0.4, -0.2) is 46.5 Å². The zero-order valence-electron chi connectivity index (χ0n) is 12.0. The Hall–Kier alpha value is -1.92. The van der Waals surface area contributed by atoms with Gasteiger partial charge in [0, 0.05) is 6.04 Å². The molecule has 1 aromatic carbocycles. The first-order valence-corrected chi connectivity index (χ1v) is 7.39. The van der Waals surface area contributed by atoms with Crippen molar-refractivity contribution in [3.8, 4) is 0 Å². The molecule has 0 aliphatic carbocycles. The van der Waals surface area contributed by atoms with E-state index in [0.717, 1.165) is 42.8 Å². The molecule has 1 aliphatic heterocycles. The van der Waals surface area contributed by atoms with Crippen LogP contribution in [0.5, 0.6) is 0 Å². The zero-order valence-corrected chi connectivity index (χ0v) is 12.0. The lowest BCUT2D eigenvalue weighted by molar-refractivity contribution is -0.120. The van der Waals surface area contributed by atoms with Gasteiger partial charge in [0.15, 0.2) is 0 Å². The molecule has 1 fully saturated rings. The van der Waals surface area contributed by atoms with Crippen molar-refractivity contribution >= 4 is 16.9 Å². The summed E-state index contributed by atoms with van der Waals surface area (Å²) in [5.41, 5.74) is 7.38. The number of primary amides is 1. The molecule has 2 heterocycles. The first kappa shape index (κ1) is 14.0. The number of imidazole rings is 1. The number of benzene rings is 1. The van der Waals surface area contributed by atoms with Gasteiger partial charge in [0.1, 0.15) is 5.82 Å². The second kappa shape index (κ2) is 6.24. The van der Waals surface area contributed by atoms with Crippen LogP contribution in [0.25, 0.3) is 11.0 Å². The van der Waals surface area contributed by atoms with Crippen LogP contribution in [0, 0.1) is 0 Å². The van der Waals surface area contributed by atoms with Gasteiger partial charge in [-0.2, -0.15) is 0 Å². The molecule has 6 nitrogen and oxygen atoms in total. The summed E-state index contributed by atoms with van der Waals surface area (Å²) < 4.78 is 0. The molecular formula is C15H21N5O. The van der Waals surface area contributed by atoms with Gasteiger partial charge < -0.3 is 16.0 Å². The van der Waals surface area contributed by atoms with Gasteiger partial charge in [0.05, 0.1) is 24.1 Å². The molecular weight excluding hydrogens is 266 g/mol. The fourth-order valence-corrected chi connectivity index (χ4v) is 2.96. The molecule has 0 atom stereocenters. The number of amides is 1. The van der Waals surface area contributed by atoms with E-state index in [1.807, 2.05) is 24.3 Å². The highest BCUT2D eigenvalue weighted by atomic mass is 16.1. The number of aromatic amines is 1. The quantitative estimate of drug-likeness (QED) is 0.751. The number of hydrogen-bond acceptors (Lipinski definition) is 4. The van der Waals surface area contributed by atoms with Gasteiger partial charge in [0.2, 0.25) is 5.91 Å². The summed E-state index contributed by atoms with van der Waals surface area (Å²) in [7, 11) is 0. The Balaban J connectivity index is 1.77. The molecule has 1 aromatic heterocycles. The van der Waals surface area contributed by atoms with E-state index in [4.69, 9.17) is 5.73 Å². The van der Waals surface area contributed by atoms with E-state index >= 15 is 0 Å². The summed E-state index contributed by atoms with van der Waals surface area (Å²) >= 11 is 0. The first-order valence-electron chi connectivity index (χ1n) is 7.39. The van der Waals surface area contributed by atoms with E-state index in [2.05, 4.69) is 20.2 Å². The molecule has 2 aromatic rings. The topological polar surface area (TPSA) is 87.0 Å². The van der Waals surface area contributed by atoms with E-state index in [0.29, 0.717) is 12.6 Å². The van der Waals surface area contributed by atoms with Crippen molar-refractivity contribution in [2.24, 2.45) is 5.73 Å². The third kappa shape index (κ3) is 3.40. The third-order valence-electron chi connectivity index (χ3n) is 3.98. The predicted molar refractivity (Wildman–Crippen MR) is 81.6 cm³/mol. The molecule has 1 aliphatic rings. The van der Waals surface area contributed by atoms with Crippen LogP contribution in [0.15, 0.2) is 24.3 Å². The Morgan fingerprint density at radius 1 is 1.33 bits per heavy atom. The number of nitrogens with two attached hydrogens (primary N) is 1. The minimum Gasteiger partial charge on any atom is -0.369 e. The van der Waals surface area contributed by atoms with Crippen molar-refractivity contribution in [1.29, 1.82) is 0 Å². The maximum Gasteiger partial charge on any atom is 0.231 e. The smallest absolute Gasteiger partial charge is 0.231 e. The van der Waals surface area contributed by atoms with Crippen molar-refractivity contribution in [2.75, 3.05) is 19.6 Å². The fourth-order valence-electron chi connectivity index (χ4n) is 2.96. The molecule has 0 saturated carbocycles. The lowest BCUT2D eigenvalue weighted by atomic mass is 10.0. The minimum atomic E-state index is -0.287. The number of carbonyl (C=O) groups is 1. The second-order valence-corrected chi connectivity index (χ2v) is 5.55. The molecule has 112 valence electrons. The Labute approximate surface area is 123 Å². The van der Waals surface area contributed by atoms with Crippen LogP contribution < -0.4 is 11.1 Å². The largest absolute Gasteiger partial charge is 0.369 e. The number of fused-ring (bicyclic) bond motifs is 1. The number of H-pyrrole nitrogens is 1. The van der Waals surface area contributed by atoms with Crippen molar-refractivity contribution < 1.29 is 4.79 Å². The molecule has 0 unspecified atom stereocenters. The van der Waals surface area contributed by atoms with Gasteiger partial charge >= 0.3 is 0 Å². The average Bonchev–Trinajstić information content (AvgIpc) is 2.89. The molecule has 4 N–H and O–H groups in total. The third-order valence-corrected chi connectivity index (χ3v) is 3.98. The van der Waals surface area contributed by atoms with Crippen LogP contribution in [0.3, 0.4) is 0 Å². The maximum absolute atomic E-state index is 11.3. The summed E-state index contributed by atoms with van der Waals surface area (Å²) in [4.78, 5) is 21.4. The fraction of sp³-hybridized carbons (Fsp3) is 0.467. The predicted octanol–water partition coefficient (Wildman–Crippen LogP) is 0.602. The number of aromatic nitrogens is 2. The highest BCUT2D eigenvalue weighted by Crippen LogP contribution is 2.16. The zero-order chi connectivity index (χ0) is 14.7. The van der Waals surface area contributed by atoms with Gasteiger partial charge in [-0.3, -0.25) is 9.69 Å². The van der Waals surface area contributed by atoms with Crippen LogP contribution in [0.2, 0.25) is 0 Å². The summed E-state index contributed by atoms with van der Waals surface area (Å²) in [6.45, 7) is 2.88. The van der Waals surface area contributed by atoms with Gasteiger partial charge in [-0.15, -0.1) is 0 Å². The molecule has 1 saturated heterocycles. The summed E-state index contributed by atoms with van der Waals surface area (Å²) in [6, 6.07) is 8.33. The van der Waals surface area contributed by atoms with Gasteiger partial charge in [0.25, 0.3) is 0 Å². The molecule has 6 heteroatoms. The second-order valence-electron chi connectivity index (χ2n) is 5.55. The number of hydrogen-bond donors (Lipinski definition) is 3. The monoisotopic (exact) mass is 287 g/mol. The van der Waals surface area contributed by atoms with Crippen molar-refractivity contribution in [3.63, 3.8) is 0 Å². The Kier molecular flexibility index (Phi) is 4.17. The normalized spacial score (nSPS) is 16.6. The van der Waals surface area contributed by atoms with Gasteiger partial charge in [-0.1, -0.05) is 12.1 Å². The SMILES string of the molecule is NC(=O)CN(Cc1nc2ccccc2[nH]1)C1CCNCC1. The first-order chi connectivity index (χ1) is 10.2. The summed E-state index contributed by atoms with van der Waals surface area (Å²) in [5.74, 6) is 0.598. The Bertz CT molecular complexity index is 584. The standard InChI is InChI=1S/C15H21N5O/c16-14(21)9-20(11-5-7-17-8-6-11)10-15-18-12-3-1-2-4-13(12)19-15/h1-4,11,17H,5-10H2,(H2,16,21)(H,18,19). The summed E-state index contributed by atoms with van der Waals surface area (Å²) in [5, 5.41) is 3.34. The number of carbonyl (C=O) groups excluding carboxylic acids is 1. The van der Waals surface area contributed by atoms with E-state index in [1.54, 1.807) is 0 Å². The molecule has 0 bridgehead atoms. The molecule has 0 radical (unpaired) electrons. The van der Waals surface area contributed by atoms with Gasteiger partial charge in [-0.05, 0) is 38.1 Å². The lowest BCUT2D eigenvalue weighted by Crippen LogP contribution is -2.46. The van der Waals surface area contributed by atoms with Crippen LogP contribution in [-0.2, 0) is 11.3 Å².